The van der Waals surface area contributed by atoms with Crippen molar-refractivity contribution in [2.24, 2.45) is 0 Å². The third kappa shape index (κ3) is 5.59. The number of aromatic nitrogens is 4. The average Bonchev–Trinajstić information content (AvgIpc) is 3.80. The Morgan fingerprint density at radius 3 is 1.65 bits per heavy atom. The molecule has 256 valence electrons. The van der Waals surface area contributed by atoms with Gasteiger partial charge in [0.2, 0.25) is 15.0 Å². The van der Waals surface area contributed by atoms with Crippen molar-refractivity contribution in [3.05, 3.63) is 192 Å². The van der Waals surface area contributed by atoms with Crippen molar-refractivity contribution in [1.82, 2.24) is 19.3 Å². The van der Waals surface area contributed by atoms with Crippen molar-refractivity contribution in [2.45, 2.75) is 17.6 Å². The first-order valence-corrected chi connectivity index (χ1v) is 18.5. The molecule has 0 aliphatic rings. The normalized spacial score (nSPS) is 12.0. The van der Waals surface area contributed by atoms with Crippen LogP contribution in [0.2, 0.25) is 0 Å². The van der Waals surface area contributed by atoms with E-state index in [9.17, 15) is 17.2 Å². The summed E-state index contributed by atoms with van der Waals surface area (Å²) in [4.78, 5) is 4.56. The lowest BCUT2D eigenvalue weighted by Crippen LogP contribution is -2.38. The zero-order chi connectivity index (χ0) is 35.9. The van der Waals surface area contributed by atoms with E-state index in [1.54, 1.807) is 29.7 Å². The van der Waals surface area contributed by atoms with Crippen molar-refractivity contribution in [3.8, 4) is 28.1 Å². The van der Waals surface area contributed by atoms with Crippen LogP contribution in [-0.4, -0.2) is 33.5 Å². The van der Waals surface area contributed by atoms with Gasteiger partial charge in [-0.3, -0.25) is 9.25 Å². The van der Waals surface area contributed by atoms with Gasteiger partial charge in [0.25, 0.3) is 0 Å². The second-order valence-electron chi connectivity index (χ2n) is 12.5. The molecule has 9 heteroatoms. The molecule has 6 aromatic carbocycles. The van der Waals surface area contributed by atoms with Gasteiger partial charge in [0, 0.05) is 23.0 Å². The van der Waals surface area contributed by atoms with Crippen LogP contribution in [0.25, 0.3) is 39.1 Å². The Kier molecular flexibility index (Phi) is 8.35. The lowest BCUT2D eigenvalue weighted by atomic mass is 9.77. The van der Waals surface area contributed by atoms with Crippen LogP contribution in [0, 0.1) is 11.6 Å². The molecule has 0 saturated carbocycles. The molecule has 0 unspecified atom stereocenters. The Hall–Kier alpha value is -6.19. The number of benzene rings is 6. The number of fused-ring (bicyclic) bond motifs is 1. The van der Waals surface area contributed by atoms with Gasteiger partial charge in [-0.05, 0) is 82.9 Å². The number of imidazole rings is 1. The summed E-state index contributed by atoms with van der Waals surface area (Å²) in [7, 11) is -3.78. The Morgan fingerprint density at radius 2 is 1.13 bits per heavy atom. The summed E-state index contributed by atoms with van der Waals surface area (Å²) in [6.45, 7) is 1.57. The minimum Gasteiger partial charge on any atom is -0.283 e. The maximum Gasteiger partial charge on any atom is 0.233 e. The Morgan fingerprint density at radius 1 is 0.635 bits per heavy atom. The smallest absolute Gasteiger partial charge is 0.233 e. The molecule has 8 rings (SSSR count). The molecular weight excluding hydrogens is 675 g/mol. The molecule has 0 bridgehead atoms. The zero-order valence-electron chi connectivity index (χ0n) is 28.1. The van der Waals surface area contributed by atoms with E-state index in [2.05, 4.69) is 41.4 Å². The molecule has 6 nitrogen and oxygen atoms in total. The van der Waals surface area contributed by atoms with Crippen LogP contribution in [0.5, 0.6) is 0 Å². The van der Waals surface area contributed by atoms with Gasteiger partial charge in [-0.25, -0.2) is 22.2 Å². The van der Waals surface area contributed by atoms with Crippen LogP contribution in [0.15, 0.2) is 169 Å². The molecule has 0 radical (unpaired) electrons. The standard InChI is InChI=1S/C43H32F2N4O2S/c1-2-52(50,51)42-46-39-27-20-31(28-40(39)49(42)37-25-23-36(45)24-26-37)38-29-48(47-41(38)30-18-21-35(44)22-19-30)43(32-12-6-3-7-13-32,33-14-8-4-9-15-33)34-16-10-5-11-17-34/h3-29H,2H2,1H3. The van der Waals surface area contributed by atoms with E-state index in [-0.39, 0.29) is 16.7 Å². The highest BCUT2D eigenvalue weighted by Gasteiger charge is 2.40. The van der Waals surface area contributed by atoms with Crippen molar-refractivity contribution in [1.29, 1.82) is 0 Å². The quantitative estimate of drug-likeness (QED) is 0.140. The fourth-order valence-corrected chi connectivity index (χ4v) is 7.89. The van der Waals surface area contributed by atoms with Gasteiger partial charge in [0.05, 0.1) is 16.8 Å². The van der Waals surface area contributed by atoms with E-state index in [0.29, 0.717) is 28.0 Å². The number of nitrogens with zero attached hydrogens (tertiary/aromatic N) is 4. The van der Waals surface area contributed by atoms with Crippen LogP contribution < -0.4 is 0 Å². The number of sulfone groups is 1. The molecule has 0 amide bonds. The van der Waals surface area contributed by atoms with Crippen molar-refractivity contribution < 1.29 is 17.2 Å². The Bertz CT molecular complexity index is 2530. The molecule has 0 N–H and O–H groups in total. The maximum absolute atomic E-state index is 14.3. The lowest BCUT2D eigenvalue weighted by Gasteiger charge is -2.36. The van der Waals surface area contributed by atoms with E-state index in [0.717, 1.165) is 27.8 Å². The second kappa shape index (κ2) is 13.2. The van der Waals surface area contributed by atoms with Crippen LogP contribution in [0.1, 0.15) is 23.6 Å². The predicted molar refractivity (Wildman–Crippen MR) is 200 cm³/mol. The number of hydrogen-bond acceptors (Lipinski definition) is 4. The molecule has 2 heterocycles. The number of rotatable bonds is 9. The summed E-state index contributed by atoms with van der Waals surface area (Å²) < 4.78 is 58.6. The summed E-state index contributed by atoms with van der Waals surface area (Å²) in [5.41, 5.74) is 6.19. The SMILES string of the molecule is CCS(=O)(=O)c1nc2ccc(-c3cn(C(c4ccccc4)(c4ccccc4)c4ccccc4)nc3-c3ccc(F)cc3)cc2n1-c1ccc(F)cc1. The predicted octanol–water partition coefficient (Wildman–Crippen LogP) is 9.47. The maximum atomic E-state index is 14.3. The lowest BCUT2D eigenvalue weighted by molar-refractivity contribution is 0.461. The van der Waals surface area contributed by atoms with Gasteiger partial charge in [-0.1, -0.05) is 104 Å². The first-order chi connectivity index (χ1) is 25.3. The summed E-state index contributed by atoms with van der Waals surface area (Å²) in [5, 5.41) is 5.22. The van der Waals surface area contributed by atoms with Crippen molar-refractivity contribution in [3.63, 3.8) is 0 Å². The summed E-state index contributed by atoms with van der Waals surface area (Å²) in [6.07, 6.45) is 2.00. The summed E-state index contributed by atoms with van der Waals surface area (Å²) in [5.74, 6) is -0.970. The molecule has 0 fully saturated rings. The van der Waals surface area contributed by atoms with Gasteiger partial charge in [0.15, 0.2) is 0 Å². The summed E-state index contributed by atoms with van der Waals surface area (Å²) in [6, 6.07) is 47.9. The van der Waals surface area contributed by atoms with Crippen molar-refractivity contribution in [2.75, 3.05) is 5.75 Å². The third-order valence-corrected chi connectivity index (χ3v) is 11.0. The highest BCUT2D eigenvalue weighted by atomic mass is 32.2. The van der Waals surface area contributed by atoms with Gasteiger partial charge in [0.1, 0.15) is 22.9 Å². The molecule has 52 heavy (non-hydrogen) atoms. The summed E-state index contributed by atoms with van der Waals surface area (Å²) >= 11 is 0. The molecule has 2 aromatic heterocycles. The van der Waals surface area contributed by atoms with E-state index >= 15 is 0 Å². The molecule has 0 spiro atoms. The first kappa shape index (κ1) is 33.0. The zero-order valence-corrected chi connectivity index (χ0v) is 28.9. The van der Waals surface area contributed by atoms with Crippen molar-refractivity contribution >= 4 is 20.9 Å². The van der Waals surface area contributed by atoms with Crippen LogP contribution >= 0.6 is 0 Å². The minimum atomic E-state index is -3.78. The molecule has 0 aliphatic carbocycles. The molecule has 0 aliphatic heterocycles. The number of hydrogen-bond donors (Lipinski definition) is 0. The Balaban J connectivity index is 1.45. The van der Waals surface area contributed by atoms with Gasteiger partial charge in [-0.15, -0.1) is 0 Å². The molecule has 0 saturated heterocycles. The fourth-order valence-electron chi connectivity index (χ4n) is 6.91. The van der Waals surface area contributed by atoms with E-state index in [1.165, 1.54) is 36.4 Å². The first-order valence-electron chi connectivity index (χ1n) is 16.8. The van der Waals surface area contributed by atoms with E-state index in [4.69, 9.17) is 5.10 Å². The minimum absolute atomic E-state index is 0.125. The average molecular weight is 707 g/mol. The fraction of sp³-hybridized carbons (Fsp3) is 0.0698. The number of halogens is 2. The monoisotopic (exact) mass is 706 g/mol. The third-order valence-electron chi connectivity index (χ3n) is 9.43. The largest absolute Gasteiger partial charge is 0.283 e. The highest BCUT2D eigenvalue weighted by molar-refractivity contribution is 7.91. The topological polar surface area (TPSA) is 69.8 Å². The molecular formula is C43H32F2N4O2S. The van der Waals surface area contributed by atoms with Gasteiger partial charge in [-0.2, -0.15) is 5.10 Å². The Labute approximate surface area is 300 Å². The second-order valence-corrected chi connectivity index (χ2v) is 14.6. The van der Waals surface area contributed by atoms with Gasteiger partial charge < -0.3 is 0 Å². The van der Waals surface area contributed by atoms with Crippen LogP contribution in [-0.2, 0) is 15.4 Å². The molecule has 8 aromatic rings. The van der Waals surface area contributed by atoms with Crippen LogP contribution in [0.4, 0.5) is 8.78 Å². The van der Waals surface area contributed by atoms with E-state index < -0.39 is 21.2 Å². The highest BCUT2D eigenvalue weighted by Crippen LogP contribution is 2.43. The molecule has 0 atom stereocenters. The van der Waals surface area contributed by atoms with E-state index in [1.807, 2.05) is 77.6 Å². The van der Waals surface area contributed by atoms with Crippen LogP contribution in [0.3, 0.4) is 0 Å². The van der Waals surface area contributed by atoms with Gasteiger partial charge >= 0.3 is 0 Å².